The van der Waals surface area contributed by atoms with E-state index in [2.05, 4.69) is 10.6 Å². The van der Waals surface area contributed by atoms with Gasteiger partial charge < -0.3 is 24.8 Å². The first kappa shape index (κ1) is 24.9. The lowest BCUT2D eigenvalue weighted by atomic mass is 9.94. The van der Waals surface area contributed by atoms with Crippen molar-refractivity contribution in [3.05, 3.63) is 89.6 Å². The highest BCUT2D eigenvalue weighted by molar-refractivity contribution is 6.06. The van der Waals surface area contributed by atoms with Gasteiger partial charge in [0, 0.05) is 16.8 Å². The van der Waals surface area contributed by atoms with Crippen LogP contribution < -0.4 is 24.8 Å². The summed E-state index contributed by atoms with van der Waals surface area (Å²) in [5.74, 6) is 2.73. The first-order valence-electron chi connectivity index (χ1n) is 12.3. The molecule has 0 saturated carbocycles. The van der Waals surface area contributed by atoms with E-state index in [0.717, 1.165) is 16.9 Å². The van der Waals surface area contributed by atoms with Crippen LogP contribution in [-0.2, 0) is 4.79 Å². The van der Waals surface area contributed by atoms with Crippen molar-refractivity contribution in [1.29, 1.82) is 0 Å². The van der Waals surface area contributed by atoms with Gasteiger partial charge in [-0.2, -0.15) is 4.98 Å². The topological polar surface area (TPSA) is 99.5 Å². The maximum atomic E-state index is 13.8. The van der Waals surface area contributed by atoms with Gasteiger partial charge in [0.2, 0.25) is 5.95 Å². The van der Waals surface area contributed by atoms with Crippen LogP contribution in [0.25, 0.3) is 11.4 Å². The van der Waals surface area contributed by atoms with Gasteiger partial charge >= 0.3 is 0 Å². The predicted octanol–water partition coefficient (Wildman–Crippen LogP) is 5.29. The maximum Gasteiger partial charge on any atom is 0.255 e. The lowest BCUT2D eigenvalue weighted by Crippen LogP contribution is -2.31. The van der Waals surface area contributed by atoms with Crippen LogP contribution in [0.2, 0.25) is 0 Å². The summed E-state index contributed by atoms with van der Waals surface area (Å²) in [4.78, 5) is 18.6. The van der Waals surface area contributed by atoms with Crippen molar-refractivity contribution in [2.75, 3.05) is 31.5 Å². The Labute approximate surface area is 221 Å². The third kappa shape index (κ3) is 4.66. The number of ether oxygens (including phenoxy) is 3. The molecule has 1 atom stereocenters. The average Bonchev–Trinajstić information content (AvgIpc) is 3.36. The van der Waals surface area contributed by atoms with Gasteiger partial charge in [0.25, 0.3) is 5.91 Å². The van der Waals surface area contributed by atoms with Crippen molar-refractivity contribution in [3.63, 3.8) is 0 Å². The van der Waals surface area contributed by atoms with Crippen LogP contribution in [0.3, 0.4) is 0 Å². The van der Waals surface area contributed by atoms with Gasteiger partial charge in [-0.3, -0.25) is 4.79 Å². The smallest absolute Gasteiger partial charge is 0.255 e. The van der Waals surface area contributed by atoms with Crippen LogP contribution in [0.15, 0.2) is 84.1 Å². The molecule has 3 aromatic carbocycles. The number of amides is 1. The molecule has 2 heterocycles. The van der Waals surface area contributed by atoms with Crippen molar-refractivity contribution < 1.29 is 19.0 Å². The van der Waals surface area contributed by atoms with Gasteiger partial charge in [-0.25, -0.2) is 4.68 Å². The Kier molecular flexibility index (Phi) is 6.99. The highest BCUT2D eigenvalue weighted by Crippen LogP contribution is 2.40. The molecule has 1 amide bonds. The highest BCUT2D eigenvalue weighted by Gasteiger charge is 2.36. The van der Waals surface area contributed by atoms with E-state index >= 15 is 0 Å². The van der Waals surface area contributed by atoms with Gasteiger partial charge in [-0.05, 0) is 56.3 Å². The van der Waals surface area contributed by atoms with E-state index in [1.807, 2.05) is 74.5 Å². The van der Waals surface area contributed by atoms with Crippen LogP contribution in [-0.4, -0.2) is 41.5 Å². The Balaban J connectivity index is 1.59. The molecule has 1 unspecified atom stereocenters. The van der Waals surface area contributed by atoms with Crippen molar-refractivity contribution in [2.24, 2.45) is 0 Å². The number of hydrogen-bond donors (Lipinski definition) is 2. The van der Waals surface area contributed by atoms with Gasteiger partial charge in [-0.1, -0.05) is 30.3 Å². The molecule has 38 heavy (non-hydrogen) atoms. The van der Waals surface area contributed by atoms with E-state index in [1.165, 1.54) is 0 Å². The summed E-state index contributed by atoms with van der Waals surface area (Å²) in [5, 5.41) is 11.1. The van der Waals surface area contributed by atoms with Crippen LogP contribution in [0.1, 0.15) is 25.5 Å². The molecule has 2 N–H and O–H groups in total. The molecular formula is C29H29N5O4. The van der Waals surface area contributed by atoms with Gasteiger partial charge in [0.1, 0.15) is 23.3 Å². The number of hydrogen-bond acceptors (Lipinski definition) is 7. The summed E-state index contributed by atoms with van der Waals surface area (Å²) in [6.45, 7) is 4.39. The zero-order chi connectivity index (χ0) is 26.6. The van der Waals surface area contributed by atoms with Crippen molar-refractivity contribution in [1.82, 2.24) is 14.8 Å². The van der Waals surface area contributed by atoms with Gasteiger partial charge in [0.05, 0.1) is 32.1 Å². The fourth-order valence-electron chi connectivity index (χ4n) is 4.55. The minimum Gasteiger partial charge on any atom is -0.496 e. The largest absolute Gasteiger partial charge is 0.496 e. The van der Waals surface area contributed by atoms with Crippen molar-refractivity contribution >= 4 is 17.5 Å². The minimum absolute atomic E-state index is 0.292. The maximum absolute atomic E-state index is 13.8. The molecule has 0 spiro atoms. The Morgan fingerprint density at radius 1 is 0.974 bits per heavy atom. The molecule has 0 bridgehead atoms. The van der Waals surface area contributed by atoms with E-state index in [9.17, 15) is 4.79 Å². The molecule has 9 heteroatoms. The van der Waals surface area contributed by atoms with E-state index in [4.69, 9.17) is 24.3 Å². The third-order valence-electron chi connectivity index (χ3n) is 6.31. The standard InChI is InChI=1S/C29H29N5O4/c1-5-38-20-16-14-19(15-17-20)27-32-29-30-18(2)25(28(35)31-22-11-7-9-13-24(22)37-4)26(34(29)33-27)21-10-6-8-12-23(21)36-3/h6-17,26H,5H2,1-4H3,(H,31,35)(H,30,32,33). The second-order valence-corrected chi connectivity index (χ2v) is 8.62. The summed E-state index contributed by atoms with van der Waals surface area (Å²) in [5.41, 5.74) is 3.32. The summed E-state index contributed by atoms with van der Waals surface area (Å²) in [7, 11) is 3.18. The fourth-order valence-corrected chi connectivity index (χ4v) is 4.55. The normalized spacial score (nSPS) is 14.4. The molecule has 0 radical (unpaired) electrons. The summed E-state index contributed by atoms with van der Waals surface area (Å²) in [6.07, 6.45) is 0. The number of carbonyl (C=O) groups is 1. The van der Waals surface area contributed by atoms with Gasteiger partial charge in [0.15, 0.2) is 5.82 Å². The molecule has 0 aliphatic carbocycles. The first-order chi connectivity index (χ1) is 18.5. The zero-order valence-corrected chi connectivity index (χ0v) is 21.7. The number of nitrogens with one attached hydrogen (secondary N) is 2. The lowest BCUT2D eigenvalue weighted by molar-refractivity contribution is -0.113. The van der Waals surface area contributed by atoms with E-state index in [1.54, 1.807) is 31.0 Å². The van der Waals surface area contributed by atoms with Gasteiger partial charge in [-0.15, -0.1) is 5.10 Å². The van der Waals surface area contributed by atoms with Crippen LogP contribution in [0.5, 0.6) is 17.2 Å². The average molecular weight is 512 g/mol. The number of rotatable bonds is 8. The fraction of sp³-hybridized carbons (Fsp3) is 0.207. The van der Waals surface area contributed by atoms with Crippen LogP contribution >= 0.6 is 0 Å². The summed E-state index contributed by atoms with van der Waals surface area (Å²) in [6, 6.07) is 21.9. The zero-order valence-electron chi connectivity index (χ0n) is 21.7. The molecule has 1 aliphatic heterocycles. The molecule has 4 aromatic rings. The van der Waals surface area contributed by atoms with E-state index < -0.39 is 6.04 Å². The minimum atomic E-state index is -0.596. The Morgan fingerprint density at radius 2 is 1.66 bits per heavy atom. The van der Waals surface area contributed by atoms with Crippen LogP contribution in [0.4, 0.5) is 11.6 Å². The third-order valence-corrected chi connectivity index (χ3v) is 6.31. The molecule has 5 rings (SSSR count). The first-order valence-corrected chi connectivity index (χ1v) is 12.3. The Hall–Kier alpha value is -4.79. The number of fused-ring (bicyclic) bond motifs is 1. The monoisotopic (exact) mass is 511 g/mol. The molecule has 0 fully saturated rings. The number of methoxy groups -OCH3 is 2. The Bertz CT molecular complexity index is 1490. The number of carbonyl (C=O) groups excluding carboxylic acids is 1. The number of allylic oxidation sites excluding steroid dienone is 1. The van der Waals surface area contributed by atoms with Crippen molar-refractivity contribution in [3.8, 4) is 28.6 Å². The predicted molar refractivity (Wildman–Crippen MR) is 146 cm³/mol. The SMILES string of the molecule is CCOc1ccc(-c2nc3n(n2)C(c2ccccc2OC)C(C(=O)Nc2ccccc2OC)=C(C)N3)cc1. The molecular weight excluding hydrogens is 482 g/mol. The van der Waals surface area contributed by atoms with E-state index in [-0.39, 0.29) is 5.91 Å². The Morgan fingerprint density at radius 3 is 2.37 bits per heavy atom. The number of benzene rings is 3. The molecule has 1 aliphatic rings. The molecule has 1 aromatic heterocycles. The van der Waals surface area contributed by atoms with E-state index in [0.29, 0.717) is 46.8 Å². The second kappa shape index (κ2) is 10.7. The number of para-hydroxylation sites is 3. The van der Waals surface area contributed by atoms with Crippen molar-refractivity contribution in [2.45, 2.75) is 19.9 Å². The lowest BCUT2D eigenvalue weighted by Gasteiger charge is -2.29. The second-order valence-electron chi connectivity index (χ2n) is 8.62. The molecule has 0 saturated heterocycles. The summed E-state index contributed by atoms with van der Waals surface area (Å²) < 4.78 is 18.4. The summed E-state index contributed by atoms with van der Waals surface area (Å²) >= 11 is 0. The molecule has 194 valence electrons. The number of nitrogens with zero attached hydrogens (tertiary/aromatic N) is 3. The van der Waals surface area contributed by atoms with Crippen LogP contribution in [0, 0.1) is 0 Å². The molecule has 9 nitrogen and oxygen atoms in total. The number of anilines is 2. The quantitative estimate of drug-likeness (QED) is 0.332. The highest BCUT2D eigenvalue weighted by atomic mass is 16.5. The number of aromatic nitrogens is 3.